The van der Waals surface area contributed by atoms with E-state index < -0.39 is 0 Å². The number of hydrogen-bond donors (Lipinski definition) is 0. The maximum absolute atomic E-state index is 2.22. The Hall–Kier alpha value is 0.408. The van der Waals surface area contributed by atoms with Gasteiger partial charge >= 0.3 is 21.1 Å². The number of rotatable bonds is 0. The molecule has 0 amide bonds. The second kappa shape index (κ2) is 11.0. The number of hydrogen-bond acceptors (Lipinski definition) is 2. The van der Waals surface area contributed by atoms with Crippen molar-refractivity contribution in [3.05, 3.63) is 59.7 Å². The van der Waals surface area contributed by atoms with E-state index in [0.29, 0.717) is 0 Å². The summed E-state index contributed by atoms with van der Waals surface area (Å²) in [6, 6.07) is 17.3. The van der Waals surface area contributed by atoms with Crippen LogP contribution in [-0.2, 0) is 33.9 Å². The van der Waals surface area contributed by atoms with Crippen molar-refractivity contribution >= 4 is 23.5 Å². The van der Waals surface area contributed by atoms with Crippen LogP contribution in [0.5, 0.6) is 0 Å². The third-order valence-electron chi connectivity index (χ3n) is 3.20. The van der Waals surface area contributed by atoms with Crippen molar-refractivity contribution in [3.63, 3.8) is 0 Å². The fourth-order valence-electron chi connectivity index (χ4n) is 2.24. The summed E-state index contributed by atoms with van der Waals surface area (Å²) in [6.45, 7) is 0. The van der Waals surface area contributed by atoms with Crippen molar-refractivity contribution in [2.24, 2.45) is 0 Å². The molecule has 2 aliphatic heterocycles. The molecule has 116 valence electrons. The second-order valence-electron chi connectivity index (χ2n) is 4.41. The molecule has 0 fully saturated rings. The predicted molar refractivity (Wildman–Crippen MR) is 81.7 cm³/mol. The van der Waals surface area contributed by atoms with Crippen LogP contribution < -0.4 is 24.8 Å². The molecule has 0 spiro atoms. The summed E-state index contributed by atoms with van der Waals surface area (Å²) < 4.78 is 0. The van der Waals surface area contributed by atoms with Crippen molar-refractivity contribution in [1.82, 2.24) is 0 Å². The number of thioether (sulfide) groups is 2. The van der Waals surface area contributed by atoms with Crippen molar-refractivity contribution in [2.75, 3.05) is 11.5 Å². The van der Waals surface area contributed by atoms with E-state index in [-0.39, 0.29) is 45.9 Å². The van der Waals surface area contributed by atoms with E-state index in [4.69, 9.17) is 0 Å². The molecule has 2 heterocycles. The van der Waals surface area contributed by atoms with Crippen LogP contribution in [0.15, 0.2) is 58.3 Å². The summed E-state index contributed by atoms with van der Waals surface area (Å²) in [5.74, 6) is 2.55. The smallest absolute Gasteiger partial charge is 1.00 e. The molecule has 0 N–H and O–H groups in total. The summed E-state index contributed by atoms with van der Waals surface area (Å²) in [7, 11) is 0. The topological polar surface area (TPSA) is 0 Å². The van der Waals surface area contributed by atoms with Gasteiger partial charge in [0.2, 0.25) is 0 Å². The van der Waals surface area contributed by atoms with E-state index >= 15 is 0 Å². The molecule has 0 saturated heterocycles. The molecule has 0 nitrogen and oxygen atoms in total. The average Bonchev–Trinajstić information content (AvgIpc) is 3.08. The summed E-state index contributed by atoms with van der Waals surface area (Å²) in [5, 5.41) is 0. The number of halogens is 2. The Labute approximate surface area is 162 Å². The Morgan fingerprint density at radius 3 is 1.38 bits per heavy atom. The maximum Gasteiger partial charge on any atom is 2.00 e. The minimum Gasteiger partial charge on any atom is -1.00 e. The number of aryl methyl sites for hydroxylation is 2. The minimum absolute atomic E-state index is 0. The first-order chi connectivity index (χ1) is 8.93. The summed E-state index contributed by atoms with van der Waals surface area (Å²) in [5.41, 5.74) is 3.06. The van der Waals surface area contributed by atoms with Crippen LogP contribution in [0.2, 0.25) is 0 Å². The van der Waals surface area contributed by atoms with Gasteiger partial charge in [-0.1, -0.05) is 36.4 Å². The van der Waals surface area contributed by atoms with E-state index in [1.807, 2.05) is 23.5 Å². The Kier molecular flexibility index (Phi) is 11.2. The molecular formula is C16H16Cl2PtS2. The fraction of sp³-hybridized carbons (Fsp3) is 0.250. The predicted octanol–water partition coefficient (Wildman–Crippen LogP) is -1.32. The van der Waals surface area contributed by atoms with Gasteiger partial charge in [0.1, 0.15) is 0 Å². The zero-order chi connectivity index (χ0) is 12.2. The summed E-state index contributed by atoms with van der Waals surface area (Å²) >= 11 is 3.94. The van der Waals surface area contributed by atoms with Gasteiger partial charge in [-0.25, -0.2) is 0 Å². The quantitative estimate of drug-likeness (QED) is 0.409. The van der Waals surface area contributed by atoms with Gasteiger partial charge in [0.05, 0.1) is 0 Å². The van der Waals surface area contributed by atoms with Gasteiger partial charge in [0.15, 0.2) is 0 Å². The standard InChI is InChI=1S/2C8H8S.2ClH.Pt/c2*1-2-4-8-7(3-1)5-6-9-8;;;/h2*1-4H,5-6H2;2*1H;/q;;;;+2/p-2. The molecule has 0 bridgehead atoms. The Bertz CT molecular complexity index is 454. The molecule has 0 atom stereocenters. The normalized spacial score (nSPS) is 13.3. The van der Waals surface area contributed by atoms with Gasteiger partial charge in [-0.15, -0.1) is 23.5 Å². The first-order valence-corrected chi connectivity index (χ1v) is 8.32. The molecule has 2 aliphatic rings. The van der Waals surface area contributed by atoms with Gasteiger partial charge in [-0.05, 0) is 36.1 Å². The molecule has 21 heavy (non-hydrogen) atoms. The monoisotopic (exact) mass is 537 g/mol. The van der Waals surface area contributed by atoms with E-state index in [9.17, 15) is 0 Å². The van der Waals surface area contributed by atoms with E-state index in [2.05, 4.69) is 48.5 Å². The minimum atomic E-state index is 0. The van der Waals surface area contributed by atoms with Crippen LogP contribution in [-0.4, -0.2) is 11.5 Å². The number of benzene rings is 2. The molecule has 2 aromatic carbocycles. The molecule has 4 rings (SSSR count). The van der Waals surface area contributed by atoms with Crippen LogP contribution in [0.1, 0.15) is 11.1 Å². The largest absolute Gasteiger partial charge is 2.00 e. The third kappa shape index (κ3) is 5.84. The maximum atomic E-state index is 2.22. The van der Waals surface area contributed by atoms with Gasteiger partial charge in [0.25, 0.3) is 0 Å². The first-order valence-electron chi connectivity index (χ1n) is 6.35. The Morgan fingerprint density at radius 1 is 0.619 bits per heavy atom. The molecule has 5 heteroatoms. The van der Waals surface area contributed by atoms with Crippen LogP contribution in [0.3, 0.4) is 0 Å². The summed E-state index contributed by atoms with van der Waals surface area (Å²) in [4.78, 5) is 2.97. The van der Waals surface area contributed by atoms with Crippen LogP contribution in [0.4, 0.5) is 0 Å². The molecule has 0 unspecified atom stereocenters. The van der Waals surface area contributed by atoms with Crippen molar-refractivity contribution in [1.29, 1.82) is 0 Å². The van der Waals surface area contributed by atoms with Gasteiger partial charge in [0, 0.05) is 21.3 Å². The molecule has 2 aromatic rings. The zero-order valence-electron chi connectivity index (χ0n) is 11.3. The zero-order valence-corrected chi connectivity index (χ0v) is 16.8. The summed E-state index contributed by atoms with van der Waals surface area (Å²) in [6.07, 6.45) is 2.53. The number of fused-ring (bicyclic) bond motifs is 2. The van der Waals surface area contributed by atoms with Crippen LogP contribution >= 0.6 is 23.5 Å². The molecular weight excluding hydrogens is 522 g/mol. The fourth-order valence-corrected chi connectivity index (χ4v) is 4.39. The van der Waals surface area contributed by atoms with Crippen LogP contribution in [0, 0.1) is 0 Å². The van der Waals surface area contributed by atoms with Gasteiger partial charge < -0.3 is 24.8 Å². The third-order valence-corrected chi connectivity index (χ3v) is 5.44. The Balaban J connectivity index is 0.000000333. The SMILES string of the molecule is [Cl-].[Cl-].[Pt+2].c1ccc2c(c1)CCS2.c1ccc2c(c1)CCS2. The van der Waals surface area contributed by atoms with E-state index in [0.717, 1.165) is 0 Å². The van der Waals surface area contributed by atoms with Crippen molar-refractivity contribution < 1.29 is 45.9 Å². The van der Waals surface area contributed by atoms with Crippen LogP contribution in [0.25, 0.3) is 0 Å². The average molecular weight is 538 g/mol. The van der Waals surface area contributed by atoms with E-state index in [1.165, 1.54) is 45.3 Å². The first kappa shape index (κ1) is 21.4. The molecule has 0 aromatic heterocycles. The molecule has 0 saturated carbocycles. The van der Waals surface area contributed by atoms with Gasteiger partial charge in [-0.2, -0.15) is 0 Å². The van der Waals surface area contributed by atoms with E-state index in [1.54, 1.807) is 0 Å². The molecule has 0 aliphatic carbocycles. The van der Waals surface area contributed by atoms with Crippen molar-refractivity contribution in [3.8, 4) is 0 Å². The van der Waals surface area contributed by atoms with Crippen molar-refractivity contribution in [2.45, 2.75) is 22.6 Å². The molecule has 0 radical (unpaired) electrons. The second-order valence-corrected chi connectivity index (χ2v) is 6.69. The Morgan fingerprint density at radius 2 is 1.00 bits per heavy atom. The van der Waals surface area contributed by atoms with Gasteiger partial charge in [-0.3, -0.25) is 0 Å².